The summed E-state index contributed by atoms with van der Waals surface area (Å²) in [6.07, 6.45) is 13.9. The number of anilines is 3. The van der Waals surface area contributed by atoms with Gasteiger partial charge in [-0.3, -0.25) is 0 Å². The predicted octanol–water partition coefficient (Wildman–Crippen LogP) is 9.07. The maximum atomic E-state index is 6.15. The fourth-order valence-electron chi connectivity index (χ4n) is 5.80. The van der Waals surface area contributed by atoms with E-state index in [1.165, 1.54) is 33.9 Å². The molecule has 0 saturated heterocycles. The molecule has 2 aliphatic rings. The highest BCUT2D eigenvalue weighted by atomic mass is 16.5. The minimum absolute atomic E-state index is 0.739. The van der Waals surface area contributed by atoms with Gasteiger partial charge in [-0.15, -0.1) is 0 Å². The van der Waals surface area contributed by atoms with Gasteiger partial charge in [0.15, 0.2) is 0 Å². The Morgan fingerprint density at radius 2 is 1.07 bits per heavy atom. The summed E-state index contributed by atoms with van der Waals surface area (Å²) in [5.41, 5.74) is 14.6. The Bertz CT molecular complexity index is 1600. The van der Waals surface area contributed by atoms with Gasteiger partial charge in [0.25, 0.3) is 0 Å². The summed E-state index contributed by atoms with van der Waals surface area (Å²) >= 11 is 0. The molecule has 0 unspecified atom stereocenters. The molecule has 0 aliphatic heterocycles. The van der Waals surface area contributed by atoms with Crippen LogP contribution in [0.4, 0.5) is 17.1 Å². The van der Waals surface area contributed by atoms with Crippen LogP contribution in [0.25, 0.3) is 0 Å². The maximum Gasteiger partial charge on any atom is 0.127 e. The van der Waals surface area contributed by atoms with Crippen LogP contribution in [0, 0.1) is 0 Å². The molecule has 4 nitrogen and oxygen atoms in total. The normalized spacial score (nSPS) is 14.6. The van der Waals surface area contributed by atoms with E-state index in [0.29, 0.717) is 0 Å². The standard InChI is InChI=1S/C39H39N3O/c40-33-18-24-38(25-19-33)43-39-26-22-37(23-27-39)42(35-14-8-3-9-15-35)29-28-41(34-12-6-2-7-13-34)36-20-16-32(17-21-36)30-31-10-4-1-5-11-31/h1-16,18-20,22,24-26H,17,21,23,27-30,40H2. The Morgan fingerprint density at radius 1 is 0.535 bits per heavy atom. The lowest BCUT2D eigenvalue weighted by atomic mass is 9.95. The van der Waals surface area contributed by atoms with Gasteiger partial charge >= 0.3 is 0 Å². The molecule has 0 bridgehead atoms. The molecule has 0 spiro atoms. The topological polar surface area (TPSA) is 41.7 Å². The molecule has 0 atom stereocenters. The van der Waals surface area contributed by atoms with Gasteiger partial charge < -0.3 is 20.3 Å². The monoisotopic (exact) mass is 565 g/mol. The molecule has 0 amide bonds. The maximum absolute atomic E-state index is 6.15. The minimum atomic E-state index is 0.739. The van der Waals surface area contributed by atoms with Gasteiger partial charge in [-0.05, 0) is 98.0 Å². The van der Waals surface area contributed by atoms with Gasteiger partial charge in [0.2, 0.25) is 0 Å². The zero-order valence-electron chi connectivity index (χ0n) is 24.6. The van der Waals surface area contributed by atoms with E-state index in [0.717, 1.165) is 62.4 Å². The van der Waals surface area contributed by atoms with E-state index < -0.39 is 0 Å². The van der Waals surface area contributed by atoms with Crippen LogP contribution < -0.4 is 20.3 Å². The van der Waals surface area contributed by atoms with Crippen LogP contribution in [-0.4, -0.2) is 13.1 Å². The molecule has 0 fully saturated rings. The second-order valence-electron chi connectivity index (χ2n) is 11.1. The quantitative estimate of drug-likeness (QED) is 0.184. The van der Waals surface area contributed by atoms with E-state index in [9.17, 15) is 0 Å². The number of benzene rings is 4. The molecule has 2 N–H and O–H groups in total. The first kappa shape index (κ1) is 28.2. The molecule has 4 aromatic rings. The van der Waals surface area contributed by atoms with Crippen molar-refractivity contribution in [3.8, 4) is 5.75 Å². The van der Waals surface area contributed by atoms with Crippen molar-refractivity contribution in [1.29, 1.82) is 0 Å². The lowest BCUT2D eigenvalue weighted by molar-refractivity contribution is 0.400. The first-order valence-corrected chi connectivity index (χ1v) is 15.2. The Morgan fingerprint density at radius 3 is 1.58 bits per heavy atom. The highest BCUT2D eigenvalue weighted by molar-refractivity contribution is 5.57. The van der Waals surface area contributed by atoms with Gasteiger partial charge in [0.1, 0.15) is 11.5 Å². The number of hydrogen-bond donors (Lipinski definition) is 1. The van der Waals surface area contributed by atoms with Crippen LogP contribution in [0.1, 0.15) is 31.2 Å². The van der Waals surface area contributed by atoms with Crippen molar-refractivity contribution in [1.82, 2.24) is 0 Å². The van der Waals surface area contributed by atoms with Crippen molar-refractivity contribution in [2.24, 2.45) is 0 Å². The van der Waals surface area contributed by atoms with Crippen molar-refractivity contribution in [2.45, 2.75) is 32.1 Å². The van der Waals surface area contributed by atoms with Crippen molar-refractivity contribution in [3.05, 3.63) is 168 Å². The summed E-state index contributed by atoms with van der Waals surface area (Å²) in [6, 6.07) is 39.9. The van der Waals surface area contributed by atoms with Gasteiger partial charge in [0.05, 0.1) is 0 Å². The van der Waals surface area contributed by atoms with Gasteiger partial charge in [0, 0.05) is 48.0 Å². The van der Waals surface area contributed by atoms with E-state index >= 15 is 0 Å². The number of nitrogen functional groups attached to an aromatic ring is 1. The molecule has 2 aliphatic carbocycles. The molecule has 4 heteroatoms. The molecular formula is C39H39N3O. The Balaban J connectivity index is 1.21. The molecule has 0 radical (unpaired) electrons. The van der Waals surface area contributed by atoms with Crippen molar-refractivity contribution < 1.29 is 4.74 Å². The predicted molar refractivity (Wildman–Crippen MR) is 180 cm³/mol. The van der Waals surface area contributed by atoms with Gasteiger partial charge in [-0.25, -0.2) is 0 Å². The van der Waals surface area contributed by atoms with Gasteiger partial charge in [-0.2, -0.15) is 0 Å². The number of para-hydroxylation sites is 2. The smallest absolute Gasteiger partial charge is 0.127 e. The summed E-state index contributed by atoms with van der Waals surface area (Å²) in [5, 5.41) is 0. The zero-order valence-corrected chi connectivity index (χ0v) is 24.6. The first-order valence-electron chi connectivity index (χ1n) is 15.2. The molecule has 4 aromatic carbocycles. The van der Waals surface area contributed by atoms with Crippen LogP contribution in [0.15, 0.2) is 162 Å². The molecule has 216 valence electrons. The summed E-state index contributed by atoms with van der Waals surface area (Å²) < 4.78 is 6.15. The number of nitrogens with two attached hydrogens (primary N) is 1. The van der Waals surface area contributed by atoms with E-state index in [-0.39, 0.29) is 0 Å². The summed E-state index contributed by atoms with van der Waals surface area (Å²) in [4.78, 5) is 4.97. The number of ether oxygens (including phenoxy) is 1. The largest absolute Gasteiger partial charge is 0.462 e. The van der Waals surface area contributed by atoms with Crippen LogP contribution in [-0.2, 0) is 6.42 Å². The highest BCUT2D eigenvalue weighted by Gasteiger charge is 2.20. The molecule has 0 saturated carbocycles. The Hall–Kier alpha value is -4.96. The highest BCUT2D eigenvalue weighted by Crippen LogP contribution is 2.31. The number of allylic oxidation sites excluding steroid dienone is 8. The number of hydrogen-bond acceptors (Lipinski definition) is 4. The zero-order chi connectivity index (χ0) is 29.3. The minimum Gasteiger partial charge on any atom is -0.462 e. The molecule has 0 heterocycles. The SMILES string of the molecule is Nc1ccc(OC2=CC=C(N(CCN(C3=CC=C(Cc4ccccc4)CC3)c3ccccc3)c3ccccc3)CC2)cc1. The Kier molecular flexibility index (Phi) is 9.04. The molecular weight excluding hydrogens is 526 g/mol. The second-order valence-corrected chi connectivity index (χ2v) is 11.1. The third kappa shape index (κ3) is 7.47. The van der Waals surface area contributed by atoms with E-state index in [2.05, 4.69) is 125 Å². The second kappa shape index (κ2) is 13.8. The average Bonchev–Trinajstić information content (AvgIpc) is 3.07. The molecule has 6 rings (SSSR count). The van der Waals surface area contributed by atoms with Crippen molar-refractivity contribution in [2.75, 3.05) is 28.6 Å². The fraction of sp³-hybridized carbons (Fsp3) is 0.179. The molecule has 43 heavy (non-hydrogen) atoms. The third-order valence-corrected chi connectivity index (χ3v) is 8.08. The van der Waals surface area contributed by atoms with E-state index in [1.807, 2.05) is 24.3 Å². The average molecular weight is 566 g/mol. The Labute approximate surface area is 255 Å². The lowest BCUT2D eigenvalue weighted by Crippen LogP contribution is -2.35. The summed E-state index contributed by atoms with van der Waals surface area (Å²) in [6.45, 7) is 1.74. The summed E-state index contributed by atoms with van der Waals surface area (Å²) in [5.74, 6) is 1.79. The third-order valence-electron chi connectivity index (χ3n) is 8.08. The van der Waals surface area contributed by atoms with E-state index in [1.54, 1.807) is 0 Å². The number of nitrogens with zero attached hydrogens (tertiary/aromatic N) is 2. The summed E-state index contributed by atoms with van der Waals surface area (Å²) in [7, 11) is 0. The van der Waals surface area contributed by atoms with Gasteiger partial charge in [-0.1, -0.05) is 78.4 Å². The van der Waals surface area contributed by atoms with Crippen molar-refractivity contribution >= 4 is 17.1 Å². The number of rotatable bonds is 11. The molecule has 0 aromatic heterocycles. The van der Waals surface area contributed by atoms with Crippen LogP contribution in [0.3, 0.4) is 0 Å². The van der Waals surface area contributed by atoms with Crippen LogP contribution in [0.2, 0.25) is 0 Å². The fourth-order valence-corrected chi connectivity index (χ4v) is 5.80. The van der Waals surface area contributed by atoms with Crippen LogP contribution >= 0.6 is 0 Å². The first-order chi connectivity index (χ1) is 21.2. The van der Waals surface area contributed by atoms with Crippen LogP contribution in [0.5, 0.6) is 5.75 Å². The van der Waals surface area contributed by atoms with E-state index in [4.69, 9.17) is 10.5 Å². The van der Waals surface area contributed by atoms with Crippen molar-refractivity contribution in [3.63, 3.8) is 0 Å². The lowest BCUT2D eigenvalue weighted by Gasteiger charge is -2.35.